The molecule has 3 aromatic rings. The van der Waals surface area contributed by atoms with E-state index in [4.69, 9.17) is 11.6 Å². The summed E-state index contributed by atoms with van der Waals surface area (Å²) in [5.74, 6) is 0.691. The topological polar surface area (TPSA) is 84.2 Å². The standard InChI is InChI=1S/C17H16ClN7S/c1-11-7-14(22-17(10-19)5-6-17)25-16(21-15(23-25)26-2)24(11)9-12-3-4-13(18)20-8-12/h3-4,7-8H,5-6,9H2,1-2H3/b22-14+. The van der Waals surface area contributed by atoms with Crippen LogP contribution in [0, 0.1) is 18.3 Å². The van der Waals surface area contributed by atoms with Crippen molar-refractivity contribution < 1.29 is 0 Å². The van der Waals surface area contributed by atoms with E-state index in [1.807, 2.05) is 25.3 Å². The number of thioether (sulfide) groups is 1. The molecule has 1 saturated carbocycles. The summed E-state index contributed by atoms with van der Waals surface area (Å²) in [5, 5.41) is 15.0. The molecule has 9 heteroatoms. The zero-order valence-electron chi connectivity index (χ0n) is 14.3. The van der Waals surface area contributed by atoms with Crippen LogP contribution in [-0.4, -0.2) is 35.9 Å². The van der Waals surface area contributed by atoms with Crippen LogP contribution in [0.3, 0.4) is 0 Å². The Morgan fingerprint density at radius 3 is 2.85 bits per heavy atom. The second-order valence-corrected chi connectivity index (χ2v) is 7.45. The Kier molecular flexibility index (Phi) is 4.21. The Morgan fingerprint density at radius 1 is 1.42 bits per heavy atom. The van der Waals surface area contributed by atoms with E-state index < -0.39 is 5.54 Å². The second kappa shape index (κ2) is 6.41. The summed E-state index contributed by atoms with van der Waals surface area (Å²) < 4.78 is 3.78. The Labute approximate surface area is 159 Å². The number of aromatic nitrogens is 5. The lowest BCUT2D eigenvalue weighted by molar-refractivity contribution is 0.700. The first-order valence-corrected chi connectivity index (χ1v) is 9.73. The van der Waals surface area contributed by atoms with E-state index in [0.29, 0.717) is 28.1 Å². The Balaban J connectivity index is 1.89. The molecule has 3 aromatic heterocycles. The van der Waals surface area contributed by atoms with Crippen molar-refractivity contribution in [3.8, 4) is 6.07 Å². The van der Waals surface area contributed by atoms with Crippen molar-refractivity contribution in [1.82, 2.24) is 24.1 Å². The number of hydrogen-bond acceptors (Lipinski definition) is 6. The van der Waals surface area contributed by atoms with Crippen LogP contribution in [0.25, 0.3) is 5.78 Å². The van der Waals surface area contributed by atoms with Gasteiger partial charge in [-0.2, -0.15) is 14.8 Å². The summed E-state index contributed by atoms with van der Waals surface area (Å²) >= 11 is 7.35. The van der Waals surface area contributed by atoms with Gasteiger partial charge in [0.15, 0.2) is 5.49 Å². The van der Waals surface area contributed by atoms with E-state index in [-0.39, 0.29) is 0 Å². The molecule has 0 unspecified atom stereocenters. The number of hydrogen-bond donors (Lipinski definition) is 0. The zero-order chi connectivity index (χ0) is 18.3. The van der Waals surface area contributed by atoms with Crippen molar-refractivity contribution >= 4 is 29.1 Å². The normalized spacial score (nSPS) is 16.0. The highest BCUT2D eigenvalue weighted by atomic mass is 35.5. The van der Waals surface area contributed by atoms with Crippen LogP contribution in [0.4, 0.5) is 0 Å². The van der Waals surface area contributed by atoms with Gasteiger partial charge in [-0.25, -0.2) is 9.98 Å². The molecule has 0 aliphatic heterocycles. The van der Waals surface area contributed by atoms with Gasteiger partial charge in [0, 0.05) is 18.0 Å². The molecule has 4 rings (SSSR count). The molecule has 1 fully saturated rings. The number of rotatable bonds is 4. The molecule has 1 aliphatic carbocycles. The summed E-state index contributed by atoms with van der Waals surface area (Å²) in [6.45, 7) is 2.59. The maximum absolute atomic E-state index is 9.37. The monoisotopic (exact) mass is 385 g/mol. The molecule has 0 radical (unpaired) electrons. The van der Waals surface area contributed by atoms with Crippen molar-refractivity contribution in [2.45, 2.75) is 37.0 Å². The molecule has 132 valence electrons. The predicted molar refractivity (Wildman–Crippen MR) is 99.0 cm³/mol. The number of aryl methyl sites for hydroxylation is 1. The number of pyridine rings is 1. The van der Waals surface area contributed by atoms with Crippen LogP contribution in [0.15, 0.2) is 34.5 Å². The number of nitrogens with zero attached hydrogens (tertiary/aromatic N) is 7. The number of fused-ring (bicyclic) bond motifs is 1. The number of nitriles is 1. The van der Waals surface area contributed by atoms with E-state index >= 15 is 0 Å². The van der Waals surface area contributed by atoms with Crippen molar-refractivity contribution in [2.24, 2.45) is 4.99 Å². The molecule has 0 saturated heterocycles. The van der Waals surface area contributed by atoms with Crippen LogP contribution < -0.4 is 5.49 Å². The Morgan fingerprint density at radius 2 is 2.23 bits per heavy atom. The highest BCUT2D eigenvalue weighted by Gasteiger charge is 2.43. The van der Waals surface area contributed by atoms with Crippen LogP contribution in [0.1, 0.15) is 24.1 Å². The Bertz CT molecular complexity index is 1090. The van der Waals surface area contributed by atoms with Gasteiger partial charge in [0.2, 0.25) is 10.9 Å². The first kappa shape index (κ1) is 17.1. The molecule has 0 amide bonds. The summed E-state index contributed by atoms with van der Waals surface area (Å²) in [7, 11) is 0. The van der Waals surface area contributed by atoms with Gasteiger partial charge < -0.3 is 4.57 Å². The van der Waals surface area contributed by atoms with Crippen molar-refractivity contribution in [3.63, 3.8) is 0 Å². The van der Waals surface area contributed by atoms with E-state index in [9.17, 15) is 5.26 Å². The van der Waals surface area contributed by atoms with Gasteiger partial charge in [0.25, 0.3) is 0 Å². The quantitative estimate of drug-likeness (QED) is 0.509. The molecule has 26 heavy (non-hydrogen) atoms. The molecule has 7 nitrogen and oxygen atoms in total. The minimum atomic E-state index is -0.600. The van der Waals surface area contributed by atoms with Gasteiger partial charge in [-0.3, -0.25) is 0 Å². The molecule has 0 atom stereocenters. The maximum Gasteiger partial charge on any atom is 0.235 e. The molecule has 0 spiro atoms. The largest absolute Gasteiger partial charge is 0.310 e. The SMILES string of the molecule is CSc1nc2n(Cc3ccc(Cl)nc3)c(C)c/c(=N\C3(C#N)CC3)n2n1. The summed E-state index contributed by atoms with van der Waals surface area (Å²) in [4.78, 5) is 13.4. The summed E-state index contributed by atoms with van der Waals surface area (Å²) in [6, 6.07) is 7.97. The molecule has 0 aromatic carbocycles. The number of halogens is 1. The molecule has 0 N–H and O–H groups in total. The fourth-order valence-corrected chi connectivity index (χ4v) is 3.18. The minimum Gasteiger partial charge on any atom is -0.310 e. The average molecular weight is 386 g/mol. The van der Waals surface area contributed by atoms with Gasteiger partial charge in [-0.15, -0.1) is 5.10 Å². The minimum absolute atomic E-state index is 0.466. The fourth-order valence-electron chi connectivity index (χ4n) is 2.73. The van der Waals surface area contributed by atoms with E-state index in [2.05, 4.69) is 30.7 Å². The van der Waals surface area contributed by atoms with E-state index in [1.165, 1.54) is 11.8 Å². The van der Waals surface area contributed by atoms with Crippen molar-refractivity contribution in [2.75, 3.05) is 6.26 Å². The second-order valence-electron chi connectivity index (χ2n) is 6.28. The first-order chi connectivity index (χ1) is 12.5. The lowest BCUT2D eigenvalue weighted by Gasteiger charge is -2.12. The first-order valence-electron chi connectivity index (χ1n) is 8.12. The predicted octanol–water partition coefficient (Wildman–Crippen LogP) is 2.61. The molecule has 0 bridgehead atoms. The van der Waals surface area contributed by atoms with Crippen LogP contribution >= 0.6 is 23.4 Å². The molecule has 3 heterocycles. The van der Waals surface area contributed by atoms with Gasteiger partial charge in [-0.1, -0.05) is 29.4 Å². The van der Waals surface area contributed by atoms with Gasteiger partial charge >= 0.3 is 0 Å². The third-order valence-electron chi connectivity index (χ3n) is 4.36. The van der Waals surface area contributed by atoms with Gasteiger partial charge in [-0.05, 0) is 37.7 Å². The van der Waals surface area contributed by atoms with E-state index in [0.717, 1.165) is 24.1 Å². The van der Waals surface area contributed by atoms with Crippen molar-refractivity contribution in [3.05, 3.63) is 46.3 Å². The summed E-state index contributed by atoms with van der Waals surface area (Å²) in [6.07, 6.45) is 5.27. The summed E-state index contributed by atoms with van der Waals surface area (Å²) in [5.41, 5.74) is 2.06. The van der Waals surface area contributed by atoms with E-state index in [1.54, 1.807) is 16.8 Å². The van der Waals surface area contributed by atoms with Gasteiger partial charge in [0.1, 0.15) is 10.7 Å². The average Bonchev–Trinajstić information content (AvgIpc) is 3.28. The smallest absolute Gasteiger partial charge is 0.235 e. The van der Waals surface area contributed by atoms with Gasteiger partial charge in [0.05, 0.1) is 12.6 Å². The van der Waals surface area contributed by atoms with Crippen LogP contribution in [0.5, 0.6) is 0 Å². The molecular weight excluding hydrogens is 370 g/mol. The highest BCUT2D eigenvalue weighted by molar-refractivity contribution is 7.98. The van der Waals surface area contributed by atoms with Crippen molar-refractivity contribution in [1.29, 1.82) is 5.26 Å². The molecule has 1 aliphatic rings. The van der Waals surface area contributed by atoms with Crippen LogP contribution in [-0.2, 0) is 6.54 Å². The maximum atomic E-state index is 9.37. The third-order valence-corrected chi connectivity index (χ3v) is 5.13. The highest BCUT2D eigenvalue weighted by Crippen LogP contribution is 2.38. The molecular formula is C17H16ClN7S. The Hall–Kier alpha value is -2.37. The lowest BCUT2D eigenvalue weighted by Crippen LogP contribution is -2.24. The zero-order valence-corrected chi connectivity index (χ0v) is 15.9. The van der Waals surface area contributed by atoms with Crippen LogP contribution in [0.2, 0.25) is 5.15 Å². The fraction of sp³-hybridized carbons (Fsp3) is 0.353. The third kappa shape index (κ3) is 3.08. The lowest BCUT2D eigenvalue weighted by atomic mass is 10.2.